The van der Waals surface area contributed by atoms with E-state index in [0.717, 1.165) is 56.6 Å². The van der Waals surface area contributed by atoms with Crippen LogP contribution in [0, 0.1) is 16.7 Å². The smallest absolute Gasteiger partial charge is 0.244 e. The molecule has 2 aliphatic rings. The standard InChI is InChI=1S/C27H31N3O/c28-18-23-9-11-24-13-16-30(19-25(24)17-23)21-27(14-5-2-6-15-27)20-29-26(31)12-10-22-7-3-1-4-8-22/h1,3-4,7-12,17H,2,5-6,13-16,19-21H2,(H,29,31)/b12-10+. The Labute approximate surface area is 185 Å². The van der Waals surface area contributed by atoms with Crippen LogP contribution in [0.4, 0.5) is 0 Å². The van der Waals surface area contributed by atoms with Gasteiger partial charge in [0.1, 0.15) is 0 Å². The molecule has 0 saturated heterocycles. The van der Waals surface area contributed by atoms with Gasteiger partial charge in [0.15, 0.2) is 0 Å². The number of rotatable bonds is 6. The highest BCUT2D eigenvalue weighted by Gasteiger charge is 2.35. The number of hydrogen-bond acceptors (Lipinski definition) is 3. The summed E-state index contributed by atoms with van der Waals surface area (Å²) in [6.45, 7) is 3.68. The van der Waals surface area contributed by atoms with Crippen molar-refractivity contribution in [3.8, 4) is 6.07 Å². The van der Waals surface area contributed by atoms with Crippen molar-refractivity contribution in [3.63, 3.8) is 0 Å². The first-order chi connectivity index (χ1) is 15.2. The third kappa shape index (κ3) is 5.62. The molecule has 31 heavy (non-hydrogen) atoms. The van der Waals surface area contributed by atoms with Gasteiger partial charge in [-0.25, -0.2) is 0 Å². The van der Waals surface area contributed by atoms with Crippen LogP contribution in [0.5, 0.6) is 0 Å². The molecule has 2 aromatic rings. The molecule has 4 heteroatoms. The molecule has 1 aliphatic heterocycles. The second-order valence-corrected chi connectivity index (χ2v) is 9.08. The van der Waals surface area contributed by atoms with E-state index in [-0.39, 0.29) is 11.3 Å². The average molecular weight is 414 g/mol. The van der Waals surface area contributed by atoms with E-state index in [2.05, 4.69) is 22.4 Å². The van der Waals surface area contributed by atoms with Crippen molar-refractivity contribution in [1.29, 1.82) is 5.26 Å². The summed E-state index contributed by atoms with van der Waals surface area (Å²) in [5.74, 6) is -0.0172. The monoisotopic (exact) mass is 413 g/mol. The van der Waals surface area contributed by atoms with Crippen molar-refractivity contribution in [2.45, 2.75) is 45.1 Å². The van der Waals surface area contributed by atoms with Crippen LogP contribution in [-0.4, -0.2) is 30.4 Å². The van der Waals surface area contributed by atoms with Crippen LogP contribution in [0.15, 0.2) is 54.6 Å². The fraction of sp³-hybridized carbons (Fsp3) is 0.407. The molecule has 2 aromatic carbocycles. The third-order valence-corrected chi connectivity index (χ3v) is 6.76. The first-order valence-corrected chi connectivity index (χ1v) is 11.4. The molecule has 0 atom stereocenters. The highest BCUT2D eigenvalue weighted by atomic mass is 16.1. The summed E-state index contributed by atoms with van der Waals surface area (Å²) in [6, 6.07) is 18.3. The predicted octanol–water partition coefficient (Wildman–Crippen LogP) is 4.70. The number of nitrogens with zero attached hydrogens (tertiary/aromatic N) is 2. The Morgan fingerprint density at radius 1 is 1.10 bits per heavy atom. The Balaban J connectivity index is 1.39. The lowest BCUT2D eigenvalue weighted by Gasteiger charge is -2.42. The summed E-state index contributed by atoms with van der Waals surface area (Å²) in [5.41, 5.74) is 4.57. The molecule has 1 fully saturated rings. The summed E-state index contributed by atoms with van der Waals surface area (Å²) < 4.78 is 0. The SMILES string of the molecule is N#Cc1ccc2c(c1)CN(CC1(CNC(=O)/C=C/c3ccccc3)CCCCC1)CC2. The van der Waals surface area contributed by atoms with Crippen LogP contribution in [0.2, 0.25) is 0 Å². The fourth-order valence-corrected chi connectivity index (χ4v) is 5.06. The lowest BCUT2D eigenvalue weighted by Crippen LogP contribution is -2.47. The number of carbonyl (C=O) groups is 1. The number of carbonyl (C=O) groups excluding carboxylic acids is 1. The topological polar surface area (TPSA) is 56.1 Å². The van der Waals surface area contributed by atoms with Crippen LogP contribution in [-0.2, 0) is 17.8 Å². The highest BCUT2D eigenvalue weighted by Crippen LogP contribution is 2.37. The molecule has 1 N–H and O–H groups in total. The van der Waals surface area contributed by atoms with Gasteiger partial charge in [0, 0.05) is 37.7 Å². The summed E-state index contributed by atoms with van der Waals surface area (Å²) in [5, 5.41) is 12.4. The number of fused-ring (bicyclic) bond motifs is 1. The van der Waals surface area contributed by atoms with Gasteiger partial charge in [0.2, 0.25) is 5.91 Å². The second kappa shape index (κ2) is 9.94. The Bertz CT molecular complexity index is 968. The van der Waals surface area contributed by atoms with Gasteiger partial charge in [-0.1, -0.05) is 55.7 Å². The quantitative estimate of drug-likeness (QED) is 0.699. The number of benzene rings is 2. The highest BCUT2D eigenvalue weighted by molar-refractivity contribution is 5.91. The van der Waals surface area contributed by atoms with Crippen molar-refractivity contribution in [2.75, 3.05) is 19.6 Å². The zero-order valence-corrected chi connectivity index (χ0v) is 18.1. The van der Waals surface area contributed by atoms with E-state index in [1.807, 2.05) is 48.5 Å². The van der Waals surface area contributed by atoms with Crippen LogP contribution < -0.4 is 5.32 Å². The van der Waals surface area contributed by atoms with E-state index in [4.69, 9.17) is 0 Å². The van der Waals surface area contributed by atoms with E-state index < -0.39 is 0 Å². The molecule has 0 bridgehead atoms. The maximum absolute atomic E-state index is 12.5. The molecule has 160 valence electrons. The Kier molecular flexibility index (Phi) is 6.84. The van der Waals surface area contributed by atoms with Gasteiger partial charge < -0.3 is 5.32 Å². The average Bonchev–Trinajstić information content (AvgIpc) is 2.82. The van der Waals surface area contributed by atoms with Gasteiger partial charge in [-0.2, -0.15) is 5.26 Å². The van der Waals surface area contributed by atoms with Gasteiger partial charge in [-0.3, -0.25) is 9.69 Å². The number of amides is 1. The van der Waals surface area contributed by atoms with Crippen LogP contribution in [0.25, 0.3) is 6.08 Å². The molecular weight excluding hydrogens is 382 g/mol. The van der Waals surface area contributed by atoms with Gasteiger partial charge in [-0.15, -0.1) is 0 Å². The molecule has 4 nitrogen and oxygen atoms in total. The van der Waals surface area contributed by atoms with Crippen molar-refractivity contribution in [1.82, 2.24) is 10.2 Å². The van der Waals surface area contributed by atoms with Crippen LogP contribution in [0.3, 0.4) is 0 Å². The molecule has 1 heterocycles. The van der Waals surface area contributed by atoms with Crippen LogP contribution >= 0.6 is 0 Å². The molecule has 0 spiro atoms. The zero-order valence-electron chi connectivity index (χ0n) is 18.1. The van der Waals surface area contributed by atoms with E-state index in [9.17, 15) is 10.1 Å². The van der Waals surface area contributed by atoms with E-state index in [1.165, 1.54) is 30.4 Å². The zero-order chi connectivity index (χ0) is 21.5. The second-order valence-electron chi connectivity index (χ2n) is 9.08. The fourth-order valence-electron chi connectivity index (χ4n) is 5.06. The Morgan fingerprint density at radius 2 is 1.90 bits per heavy atom. The molecule has 0 unspecified atom stereocenters. The summed E-state index contributed by atoms with van der Waals surface area (Å²) >= 11 is 0. The van der Waals surface area contributed by atoms with E-state index >= 15 is 0 Å². The van der Waals surface area contributed by atoms with E-state index in [0.29, 0.717) is 0 Å². The predicted molar refractivity (Wildman–Crippen MR) is 124 cm³/mol. The number of hydrogen-bond donors (Lipinski definition) is 1. The Hall–Kier alpha value is -2.90. The third-order valence-electron chi connectivity index (χ3n) is 6.76. The molecule has 1 saturated carbocycles. The summed E-state index contributed by atoms with van der Waals surface area (Å²) in [6.07, 6.45) is 10.6. The number of nitriles is 1. The minimum Gasteiger partial charge on any atom is -0.352 e. The molecule has 1 aliphatic carbocycles. The van der Waals surface area contributed by atoms with Gasteiger partial charge >= 0.3 is 0 Å². The van der Waals surface area contributed by atoms with Crippen molar-refractivity contribution in [2.24, 2.45) is 5.41 Å². The van der Waals surface area contributed by atoms with Crippen molar-refractivity contribution in [3.05, 3.63) is 76.9 Å². The normalized spacial score (nSPS) is 18.3. The lowest BCUT2D eigenvalue weighted by molar-refractivity contribution is -0.117. The van der Waals surface area contributed by atoms with E-state index in [1.54, 1.807) is 6.08 Å². The van der Waals surface area contributed by atoms with Gasteiger partial charge in [-0.05, 0) is 54.2 Å². The van der Waals surface area contributed by atoms with Crippen molar-refractivity contribution >= 4 is 12.0 Å². The minimum absolute atomic E-state index is 0.0172. The molecule has 4 rings (SSSR count). The Morgan fingerprint density at radius 3 is 2.68 bits per heavy atom. The van der Waals surface area contributed by atoms with Crippen molar-refractivity contribution < 1.29 is 4.79 Å². The lowest BCUT2D eigenvalue weighted by atomic mass is 9.73. The summed E-state index contributed by atoms with van der Waals surface area (Å²) in [4.78, 5) is 15.0. The number of nitrogens with one attached hydrogen (secondary N) is 1. The maximum atomic E-state index is 12.5. The first-order valence-electron chi connectivity index (χ1n) is 11.4. The molecule has 1 amide bonds. The van der Waals surface area contributed by atoms with Gasteiger partial charge in [0.05, 0.1) is 11.6 Å². The maximum Gasteiger partial charge on any atom is 0.244 e. The van der Waals surface area contributed by atoms with Gasteiger partial charge in [0.25, 0.3) is 0 Å². The minimum atomic E-state index is -0.0172. The first kappa shape index (κ1) is 21.3. The largest absolute Gasteiger partial charge is 0.352 e. The summed E-state index contributed by atoms with van der Waals surface area (Å²) in [7, 11) is 0. The molecule has 0 radical (unpaired) electrons. The molecule has 0 aromatic heterocycles. The molecular formula is C27H31N3O. The van der Waals surface area contributed by atoms with Crippen LogP contribution in [0.1, 0.15) is 54.4 Å².